The van der Waals surface area contributed by atoms with Crippen molar-refractivity contribution in [2.45, 2.75) is 0 Å². The molecule has 0 bridgehead atoms. The van der Waals surface area contributed by atoms with Crippen molar-refractivity contribution >= 4 is 34.9 Å². The lowest BCUT2D eigenvalue weighted by Gasteiger charge is -2.08. The van der Waals surface area contributed by atoms with Crippen LogP contribution in [0.5, 0.6) is 11.5 Å². The topological polar surface area (TPSA) is 74.6 Å². The number of aromatic hydroxyl groups is 2. The molecule has 0 aromatic heterocycles. The summed E-state index contributed by atoms with van der Waals surface area (Å²) < 4.78 is 0. The van der Waals surface area contributed by atoms with E-state index in [0.29, 0.717) is 23.2 Å². The number of aldehydes is 2. The van der Waals surface area contributed by atoms with E-state index in [0.717, 1.165) is 33.0 Å². The summed E-state index contributed by atoms with van der Waals surface area (Å²) in [6.45, 7) is 0. The van der Waals surface area contributed by atoms with Crippen molar-refractivity contribution in [1.29, 1.82) is 0 Å². The highest BCUT2D eigenvalue weighted by molar-refractivity contribution is 6.30. The number of hydrogen-bond donors (Lipinski definition) is 2. The standard InChI is InChI=1S/C17H12O2.C13H9ClO2/c18-11-14-9-8-13(10-17(14)19)16-7-3-5-12-4-1-2-6-15(12)16;14-12-3-1-2-9(6-12)10-4-5-11(8-15)13(16)7-10/h1-11,19H;1-8,16H. The maximum Gasteiger partial charge on any atom is 0.153 e. The molecule has 0 amide bonds. The summed E-state index contributed by atoms with van der Waals surface area (Å²) in [5.41, 5.74) is 4.27. The van der Waals surface area contributed by atoms with E-state index in [1.165, 1.54) is 0 Å². The van der Waals surface area contributed by atoms with E-state index in [1.807, 2.05) is 42.5 Å². The van der Waals surface area contributed by atoms with Gasteiger partial charge < -0.3 is 10.2 Å². The Balaban J connectivity index is 0.000000168. The van der Waals surface area contributed by atoms with Gasteiger partial charge in [0.1, 0.15) is 11.5 Å². The molecule has 0 aliphatic heterocycles. The lowest BCUT2D eigenvalue weighted by atomic mass is 9.97. The van der Waals surface area contributed by atoms with Gasteiger partial charge in [-0.15, -0.1) is 0 Å². The van der Waals surface area contributed by atoms with Crippen LogP contribution in [0.25, 0.3) is 33.0 Å². The summed E-state index contributed by atoms with van der Waals surface area (Å²) >= 11 is 5.87. The highest BCUT2D eigenvalue weighted by Gasteiger charge is 2.07. The van der Waals surface area contributed by atoms with E-state index >= 15 is 0 Å². The Morgan fingerprint density at radius 1 is 0.571 bits per heavy atom. The zero-order chi connectivity index (χ0) is 24.8. The maximum absolute atomic E-state index is 10.7. The van der Waals surface area contributed by atoms with Gasteiger partial charge in [-0.25, -0.2) is 0 Å². The number of carbonyl (C=O) groups is 2. The first-order valence-corrected chi connectivity index (χ1v) is 11.2. The second-order valence-electron chi connectivity index (χ2n) is 7.82. The predicted octanol–water partition coefficient (Wildman–Crippen LogP) is 7.55. The number of fused-ring (bicyclic) bond motifs is 1. The van der Waals surface area contributed by atoms with E-state index in [9.17, 15) is 19.8 Å². The Morgan fingerprint density at radius 2 is 1.14 bits per heavy atom. The van der Waals surface area contributed by atoms with Gasteiger partial charge >= 0.3 is 0 Å². The molecule has 0 spiro atoms. The summed E-state index contributed by atoms with van der Waals surface area (Å²) in [7, 11) is 0. The van der Waals surface area contributed by atoms with Crippen LogP contribution < -0.4 is 0 Å². The number of carbonyl (C=O) groups excluding carboxylic acids is 2. The van der Waals surface area contributed by atoms with Crippen LogP contribution in [0.3, 0.4) is 0 Å². The fraction of sp³-hybridized carbons (Fsp3) is 0. The van der Waals surface area contributed by atoms with Gasteiger partial charge in [0.25, 0.3) is 0 Å². The molecule has 5 aromatic carbocycles. The van der Waals surface area contributed by atoms with Crippen LogP contribution in [0.2, 0.25) is 5.02 Å². The van der Waals surface area contributed by atoms with Gasteiger partial charge in [-0.1, -0.05) is 78.3 Å². The summed E-state index contributed by atoms with van der Waals surface area (Å²) in [6, 6.07) is 31.5. The van der Waals surface area contributed by atoms with E-state index < -0.39 is 0 Å². The van der Waals surface area contributed by atoms with Gasteiger partial charge in [-0.2, -0.15) is 0 Å². The first-order valence-electron chi connectivity index (χ1n) is 10.8. The van der Waals surface area contributed by atoms with Crippen molar-refractivity contribution in [2.24, 2.45) is 0 Å². The van der Waals surface area contributed by atoms with Crippen LogP contribution in [0.1, 0.15) is 20.7 Å². The summed E-state index contributed by atoms with van der Waals surface area (Å²) in [4.78, 5) is 21.3. The molecule has 172 valence electrons. The van der Waals surface area contributed by atoms with Crippen molar-refractivity contribution in [2.75, 3.05) is 0 Å². The third-order valence-corrected chi connectivity index (χ3v) is 5.81. The zero-order valence-corrected chi connectivity index (χ0v) is 19.3. The van der Waals surface area contributed by atoms with Gasteiger partial charge in [-0.05, 0) is 69.4 Å². The van der Waals surface area contributed by atoms with E-state index in [4.69, 9.17) is 11.6 Å². The van der Waals surface area contributed by atoms with E-state index in [-0.39, 0.29) is 17.1 Å². The number of halogens is 1. The molecular formula is C30H21ClO4. The Morgan fingerprint density at radius 3 is 1.80 bits per heavy atom. The lowest BCUT2D eigenvalue weighted by molar-refractivity contribution is 0.111. The summed E-state index contributed by atoms with van der Waals surface area (Å²) in [5.74, 6) is -0.00657. The Hall–Kier alpha value is -4.41. The molecule has 4 nitrogen and oxygen atoms in total. The van der Waals surface area contributed by atoms with Crippen LogP contribution in [0.4, 0.5) is 0 Å². The molecule has 0 aliphatic rings. The van der Waals surface area contributed by atoms with Gasteiger partial charge in [0.05, 0.1) is 11.1 Å². The second-order valence-corrected chi connectivity index (χ2v) is 8.26. The Kier molecular flexibility index (Phi) is 7.24. The molecule has 0 aliphatic carbocycles. The molecular weight excluding hydrogens is 460 g/mol. The van der Waals surface area contributed by atoms with E-state index in [2.05, 4.69) is 18.2 Å². The first-order chi connectivity index (χ1) is 17.0. The number of phenols is 2. The highest BCUT2D eigenvalue weighted by atomic mass is 35.5. The molecule has 0 saturated heterocycles. The molecule has 0 fully saturated rings. The average molecular weight is 481 g/mol. The lowest BCUT2D eigenvalue weighted by Crippen LogP contribution is -1.85. The molecule has 5 rings (SSSR count). The first kappa shape index (κ1) is 23.7. The normalized spacial score (nSPS) is 10.3. The smallest absolute Gasteiger partial charge is 0.153 e. The largest absolute Gasteiger partial charge is 0.507 e. The third-order valence-electron chi connectivity index (χ3n) is 5.57. The fourth-order valence-electron chi connectivity index (χ4n) is 3.78. The number of phenolic OH excluding ortho intramolecular Hbond substituents is 2. The van der Waals surface area contributed by atoms with Crippen LogP contribution in [0, 0.1) is 0 Å². The molecule has 0 atom stereocenters. The van der Waals surface area contributed by atoms with Crippen LogP contribution in [0.15, 0.2) is 103 Å². The number of hydrogen-bond acceptors (Lipinski definition) is 4. The van der Waals surface area contributed by atoms with Crippen molar-refractivity contribution in [3.8, 4) is 33.8 Å². The predicted molar refractivity (Wildman–Crippen MR) is 140 cm³/mol. The molecule has 0 radical (unpaired) electrons. The molecule has 2 N–H and O–H groups in total. The monoisotopic (exact) mass is 480 g/mol. The number of rotatable bonds is 4. The van der Waals surface area contributed by atoms with Crippen LogP contribution in [-0.2, 0) is 0 Å². The van der Waals surface area contributed by atoms with Crippen molar-refractivity contribution in [3.63, 3.8) is 0 Å². The van der Waals surface area contributed by atoms with Gasteiger partial charge in [0.2, 0.25) is 0 Å². The summed E-state index contributed by atoms with van der Waals surface area (Å²) in [5, 5.41) is 22.3. The van der Waals surface area contributed by atoms with Gasteiger partial charge in [-0.3, -0.25) is 9.59 Å². The molecule has 5 aromatic rings. The molecule has 0 unspecified atom stereocenters. The minimum Gasteiger partial charge on any atom is -0.507 e. The van der Waals surface area contributed by atoms with Crippen molar-refractivity contribution in [3.05, 3.63) is 119 Å². The fourth-order valence-corrected chi connectivity index (χ4v) is 3.97. The second kappa shape index (κ2) is 10.7. The molecule has 35 heavy (non-hydrogen) atoms. The minimum absolute atomic E-state index is 0.0143. The molecule has 0 heterocycles. The minimum atomic E-state index is -0.0209. The van der Waals surface area contributed by atoms with Crippen molar-refractivity contribution < 1.29 is 19.8 Å². The molecule has 0 saturated carbocycles. The SMILES string of the molecule is O=Cc1ccc(-c2cccc(Cl)c2)cc1O.O=Cc1ccc(-c2cccc3ccccc23)cc1O. The highest BCUT2D eigenvalue weighted by Crippen LogP contribution is 2.31. The van der Waals surface area contributed by atoms with Crippen LogP contribution >= 0.6 is 11.6 Å². The quantitative estimate of drug-likeness (QED) is 0.260. The van der Waals surface area contributed by atoms with Crippen LogP contribution in [-0.4, -0.2) is 22.8 Å². The summed E-state index contributed by atoms with van der Waals surface area (Å²) in [6.07, 6.45) is 1.28. The zero-order valence-electron chi connectivity index (χ0n) is 18.6. The van der Waals surface area contributed by atoms with Crippen molar-refractivity contribution in [1.82, 2.24) is 0 Å². The Labute approximate surface area is 207 Å². The average Bonchev–Trinajstić information content (AvgIpc) is 2.88. The van der Waals surface area contributed by atoms with E-state index in [1.54, 1.807) is 42.5 Å². The maximum atomic E-state index is 10.7. The van der Waals surface area contributed by atoms with Gasteiger partial charge in [0, 0.05) is 5.02 Å². The van der Waals surface area contributed by atoms with Gasteiger partial charge in [0.15, 0.2) is 12.6 Å². The third kappa shape index (κ3) is 5.40. The molecule has 5 heteroatoms. The Bertz CT molecular complexity index is 1520. The number of benzene rings is 5.